The molecule has 1 rings (SSSR count). The minimum Gasteiger partial charge on any atom is -0.226 e. The fourth-order valence-electron chi connectivity index (χ4n) is 0.669. The zero-order chi connectivity index (χ0) is 8.43. The Kier molecular flexibility index (Phi) is 3.28. The van der Waals surface area contributed by atoms with Gasteiger partial charge in [0.15, 0.2) is 4.73 Å². The zero-order valence-corrected chi connectivity index (χ0v) is 9.66. The van der Waals surface area contributed by atoms with Gasteiger partial charge in [-0.05, 0) is 38.3 Å². The van der Waals surface area contributed by atoms with Gasteiger partial charge >= 0.3 is 0 Å². The van der Waals surface area contributed by atoms with Gasteiger partial charge in [-0.3, -0.25) is 0 Å². The van der Waals surface area contributed by atoms with Gasteiger partial charge in [0.1, 0.15) is 5.15 Å². The molecular formula is C6H5Br2ClN2. The molecule has 0 radical (unpaired) electrons. The summed E-state index contributed by atoms with van der Waals surface area (Å²) < 4.78 is 1.31. The number of aryl methyl sites for hydroxylation is 1. The van der Waals surface area contributed by atoms with Gasteiger partial charge in [0.25, 0.3) is 0 Å². The molecule has 0 unspecified atom stereocenters. The molecule has 2 nitrogen and oxygen atoms in total. The molecule has 0 saturated heterocycles. The fourth-order valence-corrected chi connectivity index (χ4v) is 1.81. The minimum atomic E-state index is 0.448. The Bertz CT molecular complexity index is 278. The van der Waals surface area contributed by atoms with Crippen LogP contribution in [0, 0.1) is 0 Å². The van der Waals surface area contributed by atoms with E-state index in [2.05, 4.69) is 41.8 Å². The summed E-state index contributed by atoms with van der Waals surface area (Å²) in [5.74, 6) is 0. The van der Waals surface area contributed by atoms with Crippen LogP contribution in [-0.2, 0) is 6.42 Å². The topological polar surface area (TPSA) is 25.8 Å². The van der Waals surface area contributed by atoms with Crippen LogP contribution in [0.5, 0.6) is 0 Å². The largest absolute Gasteiger partial charge is 0.226 e. The lowest BCUT2D eigenvalue weighted by atomic mass is 10.3. The van der Waals surface area contributed by atoms with Crippen LogP contribution in [0.25, 0.3) is 0 Å². The van der Waals surface area contributed by atoms with Crippen LogP contribution in [0.3, 0.4) is 0 Å². The summed E-state index contributed by atoms with van der Waals surface area (Å²) in [6, 6.07) is 0. The van der Waals surface area contributed by atoms with Crippen molar-refractivity contribution in [3.63, 3.8) is 0 Å². The standard InChI is InChI=1S/C6H5Br2ClN2/c1-2-3-4(7)5(9)11-6(8)10-3/h2H2,1H3. The summed E-state index contributed by atoms with van der Waals surface area (Å²) in [6.07, 6.45) is 0.835. The van der Waals surface area contributed by atoms with Crippen molar-refractivity contribution >= 4 is 43.5 Å². The first-order chi connectivity index (χ1) is 5.15. The highest BCUT2D eigenvalue weighted by Gasteiger charge is 2.06. The van der Waals surface area contributed by atoms with E-state index in [1.165, 1.54) is 0 Å². The Morgan fingerprint density at radius 2 is 2.00 bits per heavy atom. The van der Waals surface area contributed by atoms with Gasteiger partial charge in [0.05, 0.1) is 10.2 Å². The Morgan fingerprint density at radius 3 is 2.55 bits per heavy atom. The lowest BCUT2D eigenvalue weighted by molar-refractivity contribution is 0.959. The number of halogens is 3. The maximum Gasteiger partial charge on any atom is 0.198 e. The lowest BCUT2D eigenvalue weighted by Crippen LogP contribution is -1.93. The molecule has 0 N–H and O–H groups in total. The summed E-state index contributed by atoms with van der Waals surface area (Å²) in [6.45, 7) is 2.01. The molecule has 0 fully saturated rings. The Hall–Kier alpha value is 0.330. The molecule has 0 saturated carbocycles. The second-order valence-electron chi connectivity index (χ2n) is 1.90. The highest BCUT2D eigenvalue weighted by molar-refractivity contribution is 9.11. The molecule has 60 valence electrons. The van der Waals surface area contributed by atoms with Gasteiger partial charge in [-0.25, -0.2) is 9.97 Å². The third kappa shape index (κ3) is 2.13. The quantitative estimate of drug-likeness (QED) is 0.588. The van der Waals surface area contributed by atoms with E-state index >= 15 is 0 Å². The molecular weight excluding hydrogens is 295 g/mol. The molecule has 1 heterocycles. The summed E-state index contributed by atoms with van der Waals surface area (Å²) in [5.41, 5.74) is 0.914. The van der Waals surface area contributed by atoms with Gasteiger partial charge in [0.2, 0.25) is 0 Å². The predicted octanol–water partition coefficient (Wildman–Crippen LogP) is 3.22. The number of aromatic nitrogens is 2. The van der Waals surface area contributed by atoms with Crippen LogP contribution in [0.15, 0.2) is 9.21 Å². The van der Waals surface area contributed by atoms with Crippen LogP contribution >= 0.6 is 43.5 Å². The number of hydrogen-bond donors (Lipinski definition) is 0. The molecule has 0 aliphatic rings. The molecule has 0 aliphatic carbocycles. The normalized spacial score (nSPS) is 10.2. The van der Waals surface area contributed by atoms with Crippen molar-refractivity contribution < 1.29 is 0 Å². The van der Waals surface area contributed by atoms with Gasteiger partial charge < -0.3 is 0 Å². The molecule has 1 aromatic rings. The van der Waals surface area contributed by atoms with Gasteiger partial charge in [-0.15, -0.1) is 0 Å². The SMILES string of the molecule is CCc1nc(Br)nc(Cl)c1Br. The highest BCUT2D eigenvalue weighted by atomic mass is 79.9. The van der Waals surface area contributed by atoms with E-state index in [1.54, 1.807) is 0 Å². The first-order valence-electron chi connectivity index (χ1n) is 3.02. The monoisotopic (exact) mass is 298 g/mol. The highest BCUT2D eigenvalue weighted by Crippen LogP contribution is 2.24. The first kappa shape index (κ1) is 9.42. The Balaban J connectivity index is 3.24. The van der Waals surface area contributed by atoms with E-state index in [9.17, 15) is 0 Å². The average molecular weight is 300 g/mol. The van der Waals surface area contributed by atoms with Crippen molar-refractivity contribution in [3.05, 3.63) is 20.1 Å². The van der Waals surface area contributed by atoms with E-state index in [0.29, 0.717) is 9.89 Å². The fraction of sp³-hybridized carbons (Fsp3) is 0.333. The molecule has 11 heavy (non-hydrogen) atoms. The number of nitrogens with zero attached hydrogens (tertiary/aromatic N) is 2. The second-order valence-corrected chi connectivity index (χ2v) is 3.76. The number of hydrogen-bond acceptors (Lipinski definition) is 2. The van der Waals surface area contributed by atoms with E-state index in [-0.39, 0.29) is 0 Å². The summed E-state index contributed by atoms with van der Waals surface area (Å²) >= 11 is 12.2. The zero-order valence-electron chi connectivity index (χ0n) is 5.74. The smallest absolute Gasteiger partial charge is 0.198 e. The van der Waals surface area contributed by atoms with Crippen molar-refractivity contribution in [3.8, 4) is 0 Å². The van der Waals surface area contributed by atoms with Gasteiger partial charge in [-0.1, -0.05) is 18.5 Å². The van der Waals surface area contributed by atoms with Gasteiger partial charge in [-0.2, -0.15) is 0 Å². The predicted molar refractivity (Wildman–Crippen MR) is 51.8 cm³/mol. The summed E-state index contributed by atoms with van der Waals surface area (Å²) in [7, 11) is 0. The maximum atomic E-state index is 5.77. The summed E-state index contributed by atoms with van der Waals surface area (Å²) in [5, 5.41) is 0.448. The minimum absolute atomic E-state index is 0.448. The Morgan fingerprint density at radius 1 is 1.36 bits per heavy atom. The number of rotatable bonds is 1. The third-order valence-electron chi connectivity index (χ3n) is 1.19. The van der Waals surface area contributed by atoms with Crippen LogP contribution < -0.4 is 0 Å². The average Bonchev–Trinajstić information content (AvgIpc) is 1.96. The van der Waals surface area contributed by atoms with Crippen molar-refractivity contribution in [1.82, 2.24) is 9.97 Å². The third-order valence-corrected chi connectivity index (χ3v) is 2.88. The Labute approximate surface area is 86.6 Å². The molecule has 0 spiro atoms. The van der Waals surface area contributed by atoms with Gasteiger partial charge in [0, 0.05) is 0 Å². The van der Waals surface area contributed by atoms with E-state index in [0.717, 1.165) is 16.6 Å². The molecule has 0 aromatic carbocycles. The van der Waals surface area contributed by atoms with Crippen LogP contribution in [0.1, 0.15) is 12.6 Å². The molecule has 0 atom stereocenters. The van der Waals surface area contributed by atoms with E-state index in [4.69, 9.17) is 11.6 Å². The molecule has 5 heteroatoms. The molecule has 0 bridgehead atoms. The van der Waals surface area contributed by atoms with Crippen molar-refractivity contribution in [2.75, 3.05) is 0 Å². The molecule has 0 amide bonds. The maximum absolute atomic E-state index is 5.77. The van der Waals surface area contributed by atoms with E-state index < -0.39 is 0 Å². The molecule has 0 aliphatic heterocycles. The van der Waals surface area contributed by atoms with Crippen molar-refractivity contribution in [2.24, 2.45) is 0 Å². The first-order valence-corrected chi connectivity index (χ1v) is 4.99. The molecule has 1 aromatic heterocycles. The summed E-state index contributed by atoms with van der Waals surface area (Å²) in [4.78, 5) is 8.03. The van der Waals surface area contributed by atoms with E-state index in [1.807, 2.05) is 6.92 Å². The van der Waals surface area contributed by atoms with Crippen LogP contribution in [0.2, 0.25) is 5.15 Å². The van der Waals surface area contributed by atoms with Crippen molar-refractivity contribution in [2.45, 2.75) is 13.3 Å². The lowest BCUT2D eigenvalue weighted by Gasteiger charge is -2.01. The van der Waals surface area contributed by atoms with Crippen LogP contribution in [0.4, 0.5) is 0 Å². The van der Waals surface area contributed by atoms with Crippen LogP contribution in [-0.4, -0.2) is 9.97 Å². The van der Waals surface area contributed by atoms with Crippen molar-refractivity contribution in [1.29, 1.82) is 0 Å². The second kappa shape index (κ2) is 3.83.